The molecular formula is C46H74O20. The van der Waals surface area contributed by atoms with Gasteiger partial charge < -0.3 is 98.8 Å². The lowest BCUT2D eigenvalue weighted by Gasteiger charge is -2.57. The Morgan fingerprint density at radius 3 is 1.94 bits per heavy atom. The van der Waals surface area contributed by atoms with Crippen LogP contribution in [0.3, 0.4) is 0 Å². The van der Waals surface area contributed by atoms with Crippen LogP contribution in [0, 0.1) is 28.6 Å². The number of hydrogen-bond donors (Lipinski definition) is 11. The summed E-state index contributed by atoms with van der Waals surface area (Å²) in [5.74, 6) is 0.727. The fraction of sp³-hybridized carbons (Fsp3) is 0.913. The number of allylic oxidation sites excluding steroid dienone is 3. The summed E-state index contributed by atoms with van der Waals surface area (Å²) in [4.78, 5) is 0. The average molecular weight is 947 g/mol. The van der Waals surface area contributed by atoms with E-state index in [1.165, 1.54) is 25.2 Å². The van der Waals surface area contributed by atoms with Crippen LogP contribution in [-0.2, 0) is 42.6 Å². The Labute approximate surface area is 384 Å². The molecule has 11 N–H and O–H groups in total. The van der Waals surface area contributed by atoms with E-state index in [-0.39, 0.29) is 29.5 Å². The largest absolute Gasteiger partial charge is 0.394 e. The maximum atomic E-state index is 11.2. The summed E-state index contributed by atoms with van der Waals surface area (Å²) in [5.41, 5.74) is 2.45. The third kappa shape index (κ3) is 9.12. The van der Waals surface area contributed by atoms with Crippen molar-refractivity contribution in [3.63, 3.8) is 0 Å². The van der Waals surface area contributed by atoms with E-state index in [0.717, 1.165) is 38.5 Å². The number of hydrogen-bond acceptors (Lipinski definition) is 20. The number of methoxy groups -OCH3 is 1. The molecule has 0 bridgehead atoms. The summed E-state index contributed by atoms with van der Waals surface area (Å²) in [7, 11) is 1.43. The Morgan fingerprint density at radius 2 is 1.24 bits per heavy atom. The highest BCUT2D eigenvalue weighted by molar-refractivity contribution is 5.35. The molecule has 8 aliphatic rings. The Kier molecular flexibility index (Phi) is 15.5. The average Bonchev–Trinajstić information content (AvgIpc) is 3.66. The second-order valence-electron chi connectivity index (χ2n) is 20.6. The van der Waals surface area contributed by atoms with Gasteiger partial charge in [0.15, 0.2) is 25.2 Å². The van der Waals surface area contributed by atoms with Gasteiger partial charge in [0.2, 0.25) is 0 Å². The lowest BCUT2D eigenvalue weighted by molar-refractivity contribution is -0.363. The molecule has 0 unspecified atom stereocenters. The molecule has 0 aromatic carbocycles. The van der Waals surface area contributed by atoms with E-state index < -0.39 is 136 Å². The van der Waals surface area contributed by atoms with Gasteiger partial charge in [0, 0.05) is 7.11 Å². The molecule has 0 aromatic heterocycles. The minimum atomic E-state index is -1.67. The van der Waals surface area contributed by atoms with Crippen LogP contribution in [0.25, 0.3) is 0 Å². The van der Waals surface area contributed by atoms with Crippen molar-refractivity contribution in [1.82, 2.24) is 0 Å². The van der Waals surface area contributed by atoms with Crippen LogP contribution >= 0.6 is 0 Å². The highest BCUT2D eigenvalue weighted by atomic mass is 16.8. The maximum absolute atomic E-state index is 11.2. The Bertz CT molecular complexity index is 1720. The molecule has 66 heavy (non-hydrogen) atoms. The molecular weight excluding hydrogens is 872 g/mol. The van der Waals surface area contributed by atoms with Gasteiger partial charge in [-0.05, 0) is 94.3 Å². The summed E-state index contributed by atoms with van der Waals surface area (Å²) < 4.78 is 53.8. The summed E-state index contributed by atoms with van der Waals surface area (Å²) in [6, 6.07) is 0. The monoisotopic (exact) mass is 946 g/mol. The zero-order chi connectivity index (χ0) is 47.7. The lowest BCUT2D eigenvalue weighted by atomic mass is 9.48. The molecule has 4 saturated heterocycles. The smallest absolute Gasteiger partial charge is 0.187 e. The fourth-order valence-corrected chi connectivity index (χ4v) is 12.7. The van der Waals surface area contributed by atoms with Crippen molar-refractivity contribution >= 4 is 0 Å². The minimum Gasteiger partial charge on any atom is -0.394 e. The minimum absolute atomic E-state index is 0.0316. The van der Waals surface area contributed by atoms with E-state index in [1.54, 1.807) is 6.92 Å². The molecule has 6 fully saturated rings. The van der Waals surface area contributed by atoms with E-state index in [1.807, 2.05) is 6.92 Å². The van der Waals surface area contributed by atoms with Gasteiger partial charge in [0.1, 0.15) is 85.5 Å². The van der Waals surface area contributed by atoms with Crippen molar-refractivity contribution in [2.24, 2.45) is 28.6 Å². The molecule has 4 heterocycles. The predicted octanol–water partition coefficient (Wildman–Crippen LogP) is -1.77. The highest BCUT2D eigenvalue weighted by Crippen LogP contribution is 2.65. The normalized spacial score (nSPS) is 53.5. The standard InChI is InChI=1S/C46H74O20/c1-18(60-42-37(56)35(54)32(51)28(65-42)17-59-41-36(55)33(52)29(48)19(2)61-41)24-9-10-25-23-8-7-21-15-22(11-13-45(21,4)26(23)12-14-46(24,25)5)63-44-40(58-6)39(30(49)20(3)62-44)66-43-38(57)34(53)31(50)27(16-47)64-43/h7,10,18-20,22-24,26-44,47-57H,8-9,11-17H2,1-6H3/t18-,19+,20+,22-,23-,24+,26-,27+,28+,29+,30-,31+,32+,33-,34-,35-,36-,37+,38+,39-,40+,41-,42+,43-,44-,45-,46+/m0/s1. The topological polar surface area (TPSA) is 306 Å². The molecule has 378 valence electrons. The quantitative estimate of drug-likeness (QED) is 0.0966. The van der Waals surface area contributed by atoms with Gasteiger partial charge in [-0.2, -0.15) is 0 Å². The summed E-state index contributed by atoms with van der Waals surface area (Å²) in [5, 5.41) is 115. The number of ether oxygens (including phenoxy) is 9. The molecule has 8 rings (SSSR count). The maximum Gasteiger partial charge on any atom is 0.187 e. The first kappa shape index (κ1) is 51.0. The van der Waals surface area contributed by atoms with Crippen molar-refractivity contribution in [3.05, 3.63) is 23.3 Å². The van der Waals surface area contributed by atoms with E-state index in [9.17, 15) is 56.2 Å². The van der Waals surface area contributed by atoms with Crippen molar-refractivity contribution in [2.45, 2.75) is 215 Å². The first-order chi connectivity index (χ1) is 31.2. The van der Waals surface area contributed by atoms with Gasteiger partial charge in [-0.25, -0.2) is 0 Å². The lowest BCUT2D eigenvalue weighted by Crippen LogP contribution is -2.64. The molecule has 4 aliphatic carbocycles. The van der Waals surface area contributed by atoms with Crippen molar-refractivity contribution < 1.29 is 98.8 Å². The summed E-state index contributed by atoms with van der Waals surface area (Å²) in [6.07, 6.45) is -16.5. The molecule has 4 aliphatic heterocycles. The summed E-state index contributed by atoms with van der Waals surface area (Å²) in [6.45, 7) is 8.77. The van der Waals surface area contributed by atoms with Gasteiger partial charge in [-0.3, -0.25) is 0 Å². The van der Waals surface area contributed by atoms with Crippen LogP contribution in [-0.4, -0.2) is 212 Å². The van der Waals surface area contributed by atoms with Gasteiger partial charge in [-0.15, -0.1) is 0 Å². The Morgan fingerprint density at radius 1 is 0.636 bits per heavy atom. The number of aliphatic hydroxyl groups is 11. The van der Waals surface area contributed by atoms with Gasteiger partial charge in [0.25, 0.3) is 0 Å². The van der Waals surface area contributed by atoms with Crippen LogP contribution in [0.2, 0.25) is 0 Å². The zero-order valence-corrected chi connectivity index (χ0v) is 38.5. The SMILES string of the molecule is CO[C@H]1[C@H](O[C@H]2CC[C@@]3(C)C(=CC[C@H]4C5=CC[C@H]([C@H](C)O[C@@H]6O[C@H](CO[C@H]7O[C@H](C)[C@@H](O)[C@H](O)[C@@H]7O)[C@@H](O)[C@H](O)[C@H]6O)[C@@]5(C)CC[C@@H]43)C2)O[C@H](C)[C@H](O)[C@@H]1O[C@@H]1O[C@H](CO)[C@@H](O)[C@H](O)[C@H]1O. The van der Waals surface area contributed by atoms with Gasteiger partial charge >= 0.3 is 0 Å². The first-order valence-corrected chi connectivity index (χ1v) is 23.8. The fourth-order valence-electron chi connectivity index (χ4n) is 12.7. The molecule has 27 atom stereocenters. The van der Waals surface area contributed by atoms with E-state index in [2.05, 4.69) is 26.0 Å². The Hall–Kier alpha value is -1.32. The predicted molar refractivity (Wildman–Crippen MR) is 225 cm³/mol. The van der Waals surface area contributed by atoms with Crippen LogP contribution in [0.5, 0.6) is 0 Å². The van der Waals surface area contributed by atoms with Gasteiger partial charge in [0.05, 0.1) is 37.6 Å². The van der Waals surface area contributed by atoms with Crippen LogP contribution in [0.15, 0.2) is 23.3 Å². The van der Waals surface area contributed by atoms with E-state index in [0.29, 0.717) is 18.3 Å². The second kappa shape index (κ2) is 20.1. The van der Waals surface area contributed by atoms with E-state index >= 15 is 0 Å². The molecule has 0 amide bonds. The number of rotatable bonds is 12. The first-order valence-electron chi connectivity index (χ1n) is 23.8. The van der Waals surface area contributed by atoms with Crippen LogP contribution in [0.1, 0.15) is 79.6 Å². The number of aliphatic hydroxyl groups excluding tert-OH is 11. The van der Waals surface area contributed by atoms with Gasteiger partial charge in [-0.1, -0.05) is 37.1 Å². The third-order valence-electron chi connectivity index (χ3n) is 16.8. The van der Waals surface area contributed by atoms with Crippen molar-refractivity contribution in [2.75, 3.05) is 20.3 Å². The zero-order valence-electron chi connectivity index (χ0n) is 38.5. The van der Waals surface area contributed by atoms with Crippen molar-refractivity contribution in [1.29, 1.82) is 0 Å². The summed E-state index contributed by atoms with van der Waals surface area (Å²) >= 11 is 0. The third-order valence-corrected chi connectivity index (χ3v) is 16.8. The molecule has 20 heteroatoms. The van der Waals surface area contributed by atoms with Crippen molar-refractivity contribution in [3.8, 4) is 0 Å². The highest BCUT2D eigenvalue weighted by Gasteiger charge is 2.58. The van der Waals surface area contributed by atoms with E-state index in [4.69, 9.17) is 42.6 Å². The van der Waals surface area contributed by atoms with Crippen LogP contribution < -0.4 is 0 Å². The molecule has 0 radical (unpaired) electrons. The molecule has 0 aromatic rings. The Balaban J connectivity index is 0.887. The molecule has 2 saturated carbocycles. The van der Waals surface area contributed by atoms with Crippen LogP contribution in [0.4, 0.5) is 0 Å². The molecule has 20 nitrogen and oxygen atoms in total. The molecule has 0 spiro atoms. The second-order valence-corrected chi connectivity index (χ2v) is 20.6. The number of fused-ring (bicyclic) bond motifs is 5.